The minimum atomic E-state index is -1.05. The van der Waals surface area contributed by atoms with Crippen molar-refractivity contribution in [2.24, 2.45) is 0 Å². The fraction of sp³-hybridized carbons (Fsp3) is 0.353. The van der Waals surface area contributed by atoms with E-state index < -0.39 is 5.60 Å². The lowest BCUT2D eigenvalue weighted by Crippen LogP contribution is -2.44. The lowest BCUT2D eigenvalue weighted by atomic mass is 10.0. The van der Waals surface area contributed by atoms with Crippen LogP contribution in [-0.4, -0.2) is 36.9 Å². The van der Waals surface area contributed by atoms with E-state index >= 15 is 0 Å². The first kappa shape index (κ1) is 15.5. The number of fused-ring (bicyclic) bond motifs is 1. The minimum Gasteiger partial charge on any atom is -0.386 e. The van der Waals surface area contributed by atoms with E-state index in [1.807, 2.05) is 42.5 Å². The zero-order chi connectivity index (χ0) is 15.3. The smallest absolute Gasteiger partial charge is 0.224 e. The monoisotopic (exact) mass is 287 g/mol. The molecule has 0 aliphatic rings. The van der Waals surface area contributed by atoms with Gasteiger partial charge in [-0.15, -0.1) is 0 Å². The molecule has 112 valence electrons. The second-order valence-corrected chi connectivity index (χ2v) is 5.52. The molecule has 0 aromatic heterocycles. The van der Waals surface area contributed by atoms with Gasteiger partial charge < -0.3 is 15.2 Å². The third-order valence-electron chi connectivity index (χ3n) is 3.35. The summed E-state index contributed by atoms with van der Waals surface area (Å²) in [5.74, 6) is -0.109. The van der Waals surface area contributed by atoms with E-state index in [0.717, 1.165) is 16.3 Å². The molecule has 2 aromatic carbocycles. The first-order valence-corrected chi connectivity index (χ1v) is 6.96. The molecule has 4 nitrogen and oxygen atoms in total. The van der Waals surface area contributed by atoms with Gasteiger partial charge in [0.25, 0.3) is 0 Å². The van der Waals surface area contributed by atoms with E-state index in [2.05, 4.69) is 5.32 Å². The molecule has 0 spiro atoms. The second-order valence-electron chi connectivity index (χ2n) is 5.52. The Morgan fingerprint density at radius 3 is 2.71 bits per heavy atom. The van der Waals surface area contributed by atoms with Gasteiger partial charge in [-0.1, -0.05) is 42.5 Å². The number of rotatable bonds is 6. The molecule has 0 fully saturated rings. The number of carbonyl (C=O) groups is 1. The Balaban J connectivity index is 2.02. The van der Waals surface area contributed by atoms with Crippen LogP contribution in [0.2, 0.25) is 0 Å². The summed E-state index contributed by atoms with van der Waals surface area (Å²) in [6.45, 7) is 1.99. The fourth-order valence-corrected chi connectivity index (χ4v) is 2.33. The van der Waals surface area contributed by atoms with Gasteiger partial charge in [0.2, 0.25) is 5.91 Å². The highest BCUT2D eigenvalue weighted by Crippen LogP contribution is 2.18. The van der Waals surface area contributed by atoms with Crippen molar-refractivity contribution in [1.29, 1.82) is 0 Å². The summed E-state index contributed by atoms with van der Waals surface area (Å²) < 4.78 is 4.91. The molecule has 0 saturated carbocycles. The van der Waals surface area contributed by atoms with Crippen LogP contribution in [0.3, 0.4) is 0 Å². The van der Waals surface area contributed by atoms with Crippen LogP contribution in [0.25, 0.3) is 10.8 Å². The Hall–Kier alpha value is -1.91. The second kappa shape index (κ2) is 6.70. The minimum absolute atomic E-state index is 0.109. The van der Waals surface area contributed by atoms with Gasteiger partial charge in [0.1, 0.15) is 5.60 Å². The lowest BCUT2D eigenvalue weighted by molar-refractivity contribution is -0.122. The van der Waals surface area contributed by atoms with Gasteiger partial charge in [-0.3, -0.25) is 4.79 Å². The zero-order valence-corrected chi connectivity index (χ0v) is 12.4. The number of benzene rings is 2. The maximum atomic E-state index is 12.0. The summed E-state index contributed by atoms with van der Waals surface area (Å²) >= 11 is 0. The summed E-state index contributed by atoms with van der Waals surface area (Å²) in [4.78, 5) is 12.0. The van der Waals surface area contributed by atoms with E-state index in [1.165, 1.54) is 7.11 Å². The average Bonchev–Trinajstić information content (AvgIpc) is 2.46. The molecule has 1 atom stereocenters. The van der Waals surface area contributed by atoms with Gasteiger partial charge in [-0.25, -0.2) is 0 Å². The predicted octanol–water partition coefficient (Wildman–Crippen LogP) is 1.90. The molecule has 0 aliphatic carbocycles. The van der Waals surface area contributed by atoms with Crippen LogP contribution in [-0.2, 0) is 16.0 Å². The highest BCUT2D eigenvalue weighted by atomic mass is 16.5. The summed E-state index contributed by atoms with van der Waals surface area (Å²) in [6, 6.07) is 13.9. The van der Waals surface area contributed by atoms with Gasteiger partial charge in [-0.2, -0.15) is 0 Å². The van der Waals surface area contributed by atoms with Crippen LogP contribution in [0.5, 0.6) is 0 Å². The highest BCUT2D eigenvalue weighted by Gasteiger charge is 2.21. The normalized spacial score (nSPS) is 13.9. The number of methoxy groups -OCH3 is 1. The van der Waals surface area contributed by atoms with Crippen molar-refractivity contribution in [2.75, 3.05) is 20.3 Å². The van der Waals surface area contributed by atoms with Crippen molar-refractivity contribution in [3.05, 3.63) is 48.0 Å². The molecule has 0 radical (unpaired) electrons. The van der Waals surface area contributed by atoms with Gasteiger partial charge in [0.15, 0.2) is 0 Å². The molecule has 0 saturated heterocycles. The van der Waals surface area contributed by atoms with Gasteiger partial charge in [0.05, 0.1) is 13.0 Å². The number of nitrogens with one attached hydrogen (secondary N) is 1. The molecule has 0 aliphatic heterocycles. The van der Waals surface area contributed by atoms with E-state index in [-0.39, 0.29) is 19.1 Å². The zero-order valence-electron chi connectivity index (χ0n) is 12.4. The Morgan fingerprint density at radius 2 is 1.95 bits per heavy atom. The highest BCUT2D eigenvalue weighted by molar-refractivity contribution is 5.90. The number of aliphatic hydroxyl groups is 1. The summed E-state index contributed by atoms with van der Waals surface area (Å²) in [7, 11) is 1.52. The van der Waals surface area contributed by atoms with Crippen molar-refractivity contribution in [2.45, 2.75) is 18.9 Å². The van der Waals surface area contributed by atoms with Crippen molar-refractivity contribution in [3.8, 4) is 0 Å². The fourth-order valence-electron chi connectivity index (χ4n) is 2.33. The summed E-state index contributed by atoms with van der Waals surface area (Å²) in [6.07, 6.45) is 0.296. The Kier molecular flexibility index (Phi) is 4.94. The van der Waals surface area contributed by atoms with Crippen LogP contribution in [0.4, 0.5) is 0 Å². The maximum Gasteiger partial charge on any atom is 0.224 e. The topological polar surface area (TPSA) is 58.6 Å². The van der Waals surface area contributed by atoms with Crippen LogP contribution < -0.4 is 5.32 Å². The molecule has 0 heterocycles. The Labute approximate surface area is 124 Å². The predicted molar refractivity (Wildman–Crippen MR) is 83.2 cm³/mol. The third kappa shape index (κ3) is 4.28. The molecule has 21 heavy (non-hydrogen) atoms. The van der Waals surface area contributed by atoms with Crippen LogP contribution in [0.1, 0.15) is 12.5 Å². The summed E-state index contributed by atoms with van der Waals surface area (Å²) in [5.41, 5.74) is -0.0691. The first-order chi connectivity index (χ1) is 10.0. The van der Waals surface area contributed by atoms with Crippen LogP contribution in [0.15, 0.2) is 42.5 Å². The van der Waals surface area contributed by atoms with Crippen LogP contribution in [0, 0.1) is 0 Å². The van der Waals surface area contributed by atoms with Gasteiger partial charge in [-0.05, 0) is 23.3 Å². The first-order valence-electron chi connectivity index (χ1n) is 6.96. The largest absolute Gasteiger partial charge is 0.386 e. The van der Waals surface area contributed by atoms with E-state index in [9.17, 15) is 9.90 Å². The van der Waals surface area contributed by atoms with Crippen LogP contribution >= 0.6 is 0 Å². The lowest BCUT2D eigenvalue weighted by Gasteiger charge is -2.22. The Bertz CT molecular complexity index is 617. The van der Waals surface area contributed by atoms with E-state index in [4.69, 9.17) is 4.74 Å². The summed E-state index contributed by atoms with van der Waals surface area (Å²) in [5, 5.41) is 14.9. The number of amides is 1. The number of hydrogen-bond acceptors (Lipinski definition) is 3. The molecule has 1 amide bonds. The van der Waals surface area contributed by atoms with Gasteiger partial charge >= 0.3 is 0 Å². The SMILES string of the molecule is COCC(C)(O)CNC(=O)Cc1cccc2ccccc12. The van der Waals surface area contributed by atoms with Crippen molar-refractivity contribution in [3.63, 3.8) is 0 Å². The molecule has 0 bridgehead atoms. The number of hydrogen-bond donors (Lipinski definition) is 2. The molecular formula is C17H21NO3. The maximum absolute atomic E-state index is 12.0. The Morgan fingerprint density at radius 1 is 1.24 bits per heavy atom. The molecule has 4 heteroatoms. The molecule has 1 unspecified atom stereocenters. The molecule has 2 N–H and O–H groups in total. The van der Waals surface area contributed by atoms with Crippen molar-refractivity contribution >= 4 is 16.7 Å². The quantitative estimate of drug-likeness (QED) is 0.853. The number of ether oxygens (including phenoxy) is 1. The number of carbonyl (C=O) groups excluding carboxylic acids is 1. The third-order valence-corrected chi connectivity index (χ3v) is 3.35. The molecule has 2 rings (SSSR count). The van der Waals surface area contributed by atoms with E-state index in [1.54, 1.807) is 6.92 Å². The molecular weight excluding hydrogens is 266 g/mol. The van der Waals surface area contributed by atoms with E-state index in [0.29, 0.717) is 6.42 Å². The van der Waals surface area contributed by atoms with Gasteiger partial charge in [0, 0.05) is 13.7 Å². The standard InChI is InChI=1S/C17H21NO3/c1-17(20,12-21-2)11-18-16(19)10-14-8-5-7-13-6-3-4-9-15(13)14/h3-9,20H,10-12H2,1-2H3,(H,18,19). The molecule has 2 aromatic rings. The van der Waals surface area contributed by atoms with Crippen molar-refractivity contribution in [1.82, 2.24) is 5.32 Å². The van der Waals surface area contributed by atoms with Crippen molar-refractivity contribution < 1.29 is 14.6 Å². The average molecular weight is 287 g/mol.